The van der Waals surface area contributed by atoms with Gasteiger partial charge in [-0.15, -0.1) is 0 Å². The second-order valence-electron chi connectivity index (χ2n) is 5.10. The maximum atomic E-state index is 4.46. The molecule has 0 radical (unpaired) electrons. The van der Waals surface area contributed by atoms with Crippen LogP contribution in [0.2, 0.25) is 0 Å². The second kappa shape index (κ2) is 6.46. The fraction of sp³-hybridized carbons (Fsp3) is 0.222. The average Bonchev–Trinajstić information content (AvgIpc) is 2.55. The largest absolute Gasteiger partial charge is 0.307 e. The summed E-state index contributed by atoms with van der Waals surface area (Å²) in [7, 11) is 0. The number of benzene rings is 1. The molecule has 0 aliphatic carbocycles. The smallest absolute Gasteiger partial charge is 0.0702 e. The summed E-state index contributed by atoms with van der Waals surface area (Å²) < 4.78 is 0. The zero-order valence-corrected chi connectivity index (χ0v) is 12.2. The Hall–Kier alpha value is -2.26. The molecule has 21 heavy (non-hydrogen) atoms. The van der Waals surface area contributed by atoms with E-state index in [-0.39, 0.29) is 0 Å². The van der Waals surface area contributed by atoms with Gasteiger partial charge >= 0.3 is 0 Å². The van der Waals surface area contributed by atoms with Crippen LogP contribution >= 0.6 is 0 Å². The van der Waals surface area contributed by atoms with Crippen molar-refractivity contribution >= 4 is 10.9 Å². The minimum Gasteiger partial charge on any atom is -0.307 e. The van der Waals surface area contributed by atoms with Gasteiger partial charge in [-0.1, -0.05) is 25.1 Å². The van der Waals surface area contributed by atoms with E-state index in [4.69, 9.17) is 0 Å². The monoisotopic (exact) mass is 277 g/mol. The Bertz CT molecular complexity index is 737. The van der Waals surface area contributed by atoms with Crippen LogP contribution in [0, 0.1) is 0 Å². The van der Waals surface area contributed by atoms with Crippen LogP contribution in [-0.2, 0) is 19.5 Å². The molecule has 0 saturated carbocycles. The normalized spacial score (nSPS) is 10.9. The van der Waals surface area contributed by atoms with Crippen LogP contribution in [-0.4, -0.2) is 9.97 Å². The van der Waals surface area contributed by atoms with E-state index >= 15 is 0 Å². The maximum Gasteiger partial charge on any atom is 0.0702 e. The van der Waals surface area contributed by atoms with Crippen LogP contribution in [0.15, 0.2) is 54.9 Å². The van der Waals surface area contributed by atoms with Crippen molar-refractivity contribution in [2.45, 2.75) is 26.4 Å². The standard InChI is InChI=1S/C18H19N3/c1-2-15-5-3-10-21-18(15)13-19-12-14-7-8-17-16(11-14)6-4-9-20-17/h3-11,19H,2,12-13H2,1H3. The van der Waals surface area contributed by atoms with Gasteiger partial charge < -0.3 is 5.32 Å². The van der Waals surface area contributed by atoms with E-state index in [1.807, 2.05) is 24.5 Å². The van der Waals surface area contributed by atoms with E-state index in [0.29, 0.717) is 0 Å². The minimum absolute atomic E-state index is 0.801. The first-order valence-electron chi connectivity index (χ1n) is 7.34. The Morgan fingerprint density at radius 3 is 2.71 bits per heavy atom. The van der Waals surface area contributed by atoms with E-state index in [2.05, 4.69) is 52.5 Å². The van der Waals surface area contributed by atoms with Crippen molar-refractivity contribution in [1.29, 1.82) is 0 Å². The lowest BCUT2D eigenvalue weighted by molar-refractivity contribution is 0.674. The molecule has 1 aromatic carbocycles. The van der Waals surface area contributed by atoms with Gasteiger partial charge in [0, 0.05) is 30.9 Å². The van der Waals surface area contributed by atoms with E-state index in [1.165, 1.54) is 16.5 Å². The molecule has 0 aliphatic rings. The van der Waals surface area contributed by atoms with Crippen LogP contribution in [0.25, 0.3) is 10.9 Å². The van der Waals surface area contributed by atoms with Gasteiger partial charge in [-0.3, -0.25) is 9.97 Å². The Kier molecular flexibility index (Phi) is 4.22. The summed E-state index contributed by atoms with van der Waals surface area (Å²) >= 11 is 0. The van der Waals surface area contributed by atoms with Crippen molar-refractivity contribution in [3.05, 3.63) is 71.7 Å². The first-order valence-corrected chi connectivity index (χ1v) is 7.34. The fourth-order valence-electron chi connectivity index (χ4n) is 2.51. The number of nitrogens with zero attached hydrogens (tertiary/aromatic N) is 2. The quantitative estimate of drug-likeness (QED) is 0.776. The molecule has 1 N–H and O–H groups in total. The van der Waals surface area contributed by atoms with Crippen LogP contribution in [0.5, 0.6) is 0 Å². The van der Waals surface area contributed by atoms with Crippen molar-refractivity contribution in [2.24, 2.45) is 0 Å². The molecule has 106 valence electrons. The van der Waals surface area contributed by atoms with E-state index in [9.17, 15) is 0 Å². The molecule has 0 spiro atoms. The van der Waals surface area contributed by atoms with Crippen molar-refractivity contribution in [3.63, 3.8) is 0 Å². The minimum atomic E-state index is 0.801. The van der Waals surface area contributed by atoms with Gasteiger partial charge in [0.15, 0.2) is 0 Å². The zero-order chi connectivity index (χ0) is 14.5. The Morgan fingerprint density at radius 2 is 1.81 bits per heavy atom. The highest BCUT2D eigenvalue weighted by Crippen LogP contribution is 2.13. The summed E-state index contributed by atoms with van der Waals surface area (Å²) in [5.41, 5.74) is 4.76. The third kappa shape index (κ3) is 3.26. The van der Waals surface area contributed by atoms with Crippen LogP contribution in [0.3, 0.4) is 0 Å². The molecule has 0 unspecified atom stereocenters. The molecule has 3 nitrogen and oxygen atoms in total. The number of nitrogens with one attached hydrogen (secondary N) is 1. The summed E-state index contributed by atoms with van der Waals surface area (Å²) in [6.45, 7) is 3.80. The predicted molar refractivity (Wildman–Crippen MR) is 85.9 cm³/mol. The van der Waals surface area contributed by atoms with Gasteiger partial charge in [0.1, 0.15) is 0 Å². The van der Waals surface area contributed by atoms with Crippen molar-refractivity contribution < 1.29 is 0 Å². The average molecular weight is 277 g/mol. The highest BCUT2D eigenvalue weighted by molar-refractivity contribution is 5.78. The molecule has 0 aliphatic heterocycles. The SMILES string of the molecule is CCc1cccnc1CNCc1ccc2ncccc2c1. The maximum absolute atomic E-state index is 4.46. The Morgan fingerprint density at radius 1 is 0.952 bits per heavy atom. The fourth-order valence-corrected chi connectivity index (χ4v) is 2.51. The summed E-state index contributed by atoms with van der Waals surface area (Å²) in [4.78, 5) is 8.80. The molecule has 2 heterocycles. The number of fused-ring (bicyclic) bond motifs is 1. The zero-order valence-electron chi connectivity index (χ0n) is 12.2. The molecule has 0 bridgehead atoms. The number of aromatic nitrogens is 2. The predicted octanol–water partition coefficient (Wildman–Crippen LogP) is 3.48. The van der Waals surface area contributed by atoms with Crippen molar-refractivity contribution in [1.82, 2.24) is 15.3 Å². The third-order valence-electron chi connectivity index (χ3n) is 3.65. The van der Waals surface area contributed by atoms with Gasteiger partial charge in [-0.2, -0.15) is 0 Å². The molecule has 3 heteroatoms. The van der Waals surface area contributed by atoms with Gasteiger partial charge in [-0.25, -0.2) is 0 Å². The van der Waals surface area contributed by atoms with E-state index in [1.54, 1.807) is 0 Å². The van der Waals surface area contributed by atoms with Crippen LogP contribution in [0.1, 0.15) is 23.7 Å². The summed E-state index contributed by atoms with van der Waals surface area (Å²) in [5.74, 6) is 0. The van der Waals surface area contributed by atoms with Gasteiger partial charge in [0.05, 0.1) is 11.2 Å². The molecular formula is C18H19N3. The Balaban J connectivity index is 1.66. The van der Waals surface area contributed by atoms with Crippen molar-refractivity contribution in [3.8, 4) is 0 Å². The molecule has 3 rings (SSSR count). The number of rotatable bonds is 5. The lowest BCUT2D eigenvalue weighted by atomic mass is 10.1. The van der Waals surface area contributed by atoms with Crippen LogP contribution < -0.4 is 5.32 Å². The van der Waals surface area contributed by atoms with Gasteiger partial charge in [-0.05, 0) is 41.8 Å². The van der Waals surface area contributed by atoms with Gasteiger partial charge in [0.2, 0.25) is 0 Å². The van der Waals surface area contributed by atoms with Crippen molar-refractivity contribution in [2.75, 3.05) is 0 Å². The molecule has 0 fully saturated rings. The Labute approximate surface area is 125 Å². The summed E-state index contributed by atoms with van der Waals surface area (Å²) in [6.07, 6.45) is 4.71. The highest BCUT2D eigenvalue weighted by Gasteiger charge is 2.01. The molecule has 3 aromatic rings. The molecule has 0 atom stereocenters. The lowest BCUT2D eigenvalue weighted by Gasteiger charge is -2.08. The topological polar surface area (TPSA) is 37.8 Å². The highest BCUT2D eigenvalue weighted by atomic mass is 14.9. The van der Waals surface area contributed by atoms with Crippen LogP contribution in [0.4, 0.5) is 0 Å². The number of hydrogen-bond acceptors (Lipinski definition) is 3. The third-order valence-corrected chi connectivity index (χ3v) is 3.65. The number of pyridine rings is 2. The molecular weight excluding hydrogens is 258 g/mol. The summed E-state index contributed by atoms with van der Waals surface area (Å²) in [6, 6.07) is 14.6. The first-order chi connectivity index (χ1) is 10.4. The molecule has 0 saturated heterocycles. The number of hydrogen-bond donors (Lipinski definition) is 1. The first kappa shape index (κ1) is 13.7. The van der Waals surface area contributed by atoms with E-state index < -0.39 is 0 Å². The summed E-state index contributed by atoms with van der Waals surface area (Å²) in [5, 5.41) is 4.66. The molecule has 2 aromatic heterocycles. The van der Waals surface area contributed by atoms with E-state index in [0.717, 1.165) is 30.7 Å². The van der Waals surface area contributed by atoms with Gasteiger partial charge in [0.25, 0.3) is 0 Å². The molecule has 0 amide bonds. The lowest BCUT2D eigenvalue weighted by Crippen LogP contribution is -2.15. The second-order valence-corrected chi connectivity index (χ2v) is 5.10. The number of aryl methyl sites for hydroxylation is 1.